The molecule has 13 heteroatoms. The fourth-order valence-electron chi connectivity index (χ4n) is 6.85. The van der Waals surface area contributed by atoms with Gasteiger partial charge in [0, 0.05) is 11.5 Å². The number of amides is 2. The van der Waals surface area contributed by atoms with E-state index in [0.29, 0.717) is 18.5 Å². The third-order valence-corrected chi connectivity index (χ3v) is 8.77. The van der Waals surface area contributed by atoms with Gasteiger partial charge in [0.15, 0.2) is 17.1 Å². The van der Waals surface area contributed by atoms with Gasteiger partial charge in [-0.2, -0.15) is 0 Å². The first-order valence-electron chi connectivity index (χ1n) is 13.0. The van der Waals surface area contributed by atoms with E-state index >= 15 is 0 Å². The van der Waals surface area contributed by atoms with Crippen LogP contribution in [-0.2, 0) is 14.4 Å². The molecule has 0 aromatic heterocycles. The van der Waals surface area contributed by atoms with Gasteiger partial charge in [0.2, 0.25) is 11.7 Å². The maximum absolute atomic E-state index is 13.9. The van der Waals surface area contributed by atoms with Crippen LogP contribution in [0.25, 0.3) is 0 Å². The zero-order chi connectivity index (χ0) is 29.4. The maximum Gasteiger partial charge on any atom is 0.255 e. The number of Topliss-reactive ketones (excluding diaryl/α,β-unsaturated/α-hetero) is 2. The van der Waals surface area contributed by atoms with Gasteiger partial charge in [-0.3, -0.25) is 24.1 Å². The lowest BCUT2D eigenvalue weighted by molar-refractivity contribution is -0.162. The predicted octanol–water partition coefficient (Wildman–Crippen LogP) is -0.657. The Hall–Kier alpha value is -3.78. The van der Waals surface area contributed by atoms with E-state index in [4.69, 9.17) is 5.73 Å². The van der Waals surface area contributed by atoms with Crippen molar-refractivity contribution in [3.63, 3.8) is 0 Å². The number of hydrogen-bond acceptors (Lipinski definition) is 11. The minimum absolute atomic E-state index is 0.0465. The average molecular weight is 557 g/mol. The van der Waals surface area contributed by atoms with Gasteiger partial charge in [0.1, 0.15) is 17.1 Å². The van der Waals surface area contributed by atoms with Crippen molar-refractivity contribution >= 4 is 29.1 Å². The lowest BCUT2D eigenvalue weighted by Crippen LogP contribution is -2.68. The van der Waals surface area contributed by atoms with Gasteiger partial charge in [-0.05, 0) is 51.0 Å². The molecule has 9 N–H and O–H groups in total. The summed E-state index contributed by atoms with van der Waals surface area (Å²) in [4.78, 5) is 53.4. The highest BCUT2D eigenvalue weighted by atomic mass is 16.4. The van der Waals surface area contributed by atoms with E-state index < -0.39 is 93.3 Å². The van der Waals surface area contributed by atoms with Crippen molar-refractivity contribution in [2.24, 2.45) is 17.6 Å². The molecule has 1 aromatic rings. The van der Waals surface area contributed by atoms with Crippen molar-refractivity contribution in [2.75, 3.05) is 26.0 Å². The molecule has 0 spiro atoms. The Kier molecular flexibility index (Phi) is 6.53. The van der Waals surface area contributed by atoms with Crippen molar-refractivity contribution in [1.82, 2.24) is 10.2 Å². The lowest BCUT2D eigenvalue weighted by Gasteiger charge is -2.53. The first kappa shape index (κ1) is 27.8. The molecule has 7 atom stereocenters. The second-order valence-corrected chi connectivity index (χ2v) is 11.1. The standard InChI is InChI=1S/C27H32N4O9/c1-9-10-6-7-11(30-26(39)12-5-4-8-29-12)19(32)14(10)20(33)15-13(9)21(34)17-18(31(2)3)22(35)16(25(28)38)24(37)27(17,40)23(15)36/h6-7,9,12-13,17-18,21,29,32,34-36,40H,4-5,8H2,1-3H3,(H2,28,38)(H,30,39)/t9?,12-,13?,17?,18-,21?,27-/m0/s1. The van der Waals surface area contributed by atoms with Crippen molar-refractivity contribution in [1.29, 1.82) is 0 Å². The quantitative estimate of drug-likeness (QED) is 0.172. The number of anilines is 1. The third kappa shape index (κ3) is 3.61. The molecule has 2 amide bonds. The van der Waals surface area contributed by atoms with E-state index in [1.54, 1.807) is 6.92 Å². The lowest BCUT2D eigenvalue weighted by atomic mass is 9.55. The average Bonchev–Trinajstić information content (AvgIpc) is 3.42. The van der Waals surface area contributed by atoms with Crippen LogP contribution in [0, 0.1) is 11.8 Å². The molecule has 0 bridgehead atoms. The molecule has 0 saturated carbocycles. The summed E-state index contributed by atoms with van der Waals surface area (Å²) < 4.78 is 0. The van der Waals surface area contributed by atoms with E-state index in [-0.39, 0.29) is 11.3 Å². The Bertz CT molecular complexity index is 1410. The number of aromatic hydroxyl groups is 1. The number of benzene rings is 1. The zero-order valence-corrected chi connectivity index (χ0v) is 22.1. The smallest absolute Gasteiger partial charge is 0.255 e. The first-order valence-corrected chi connectivity index (χ1v) is 13.0. The minimum atomic E-state index is -2.99. The Balaban J connectivity index is 1.67. The number of rotatable bonds is 4. The molecule has 1 saturated heterocycles. The van der Waals surface area contributed by atoms with E-state index in [1.165, 1.54) is 31.1 Å². The van der Waals surface area contributed by atoms with Gasteiger partial charge in [-0.1, -0.05) is 13.0 Å². The Morgan fingerprint density at radius 1 is 1.18 bits per heavy atom. The highest BCUT2D eigenvalue weighted by Crippen LogP contribution is 2.56. The molecular weight excluding hydrogens is 524 g/mol. The molecule has 0 radical (unpaired) electrons. The summed E-state index contributed by atoms with van der Waals surface area (Å²) in [5, 5.41) is 62.4. The molecule has 3 aliphatic carbocycles. The van der Waals surface area contributed by atoms with Gasteiger partial charge in [0.05, 0.1) is 35.4 Å². The number of likely N-dealkylation sites (N-methyl/N-ethyl adjacent to an activating group) is 1. The summed E-state index contributed by atoms with van der Waals surface area (Å²) in [7, 11) is 2.94. The van der Waals surface area contributed by atoms with Crippen LogP contribution < -0.4 is 16.4 Å². The third-order valence-electron chi connectivity index (χ3n) is 8.77. The molecule has 1 heterocycles. The normalized spacial score (nSPS) is 33.5. The SMILES string of the molecule is CC1c2ccc(NC(=O)[C@@H]3CCCN3)c(O)c2C(=O)C2=C(O)[C@]3(O)C(=O)C(C(N)=O)=C(O)[C@@H](N(C)C)C3C(O)C21. The number of primary amides is 1. The number of carbonyl (C=O) groups is 4. The number of aliphatic hydroxyl groups excluding tert-OH is 3. The number of nitrogens with one attached hydrogen (secondary N) is 2. The second-order valence-electron chi connectivity index (χ2n) is 11.1. The highest BCUT2D eigenvalue weighted by molar-refractivity contribution is 6.25. The van der Waals surface area contributed by atoms with Gasteiger partial charge >= 0.3 is 0 Å². The molecule has 5 rings (SSSR count). The van der Waals surface area contributed by atoms with Crippen molar-refractivity contribution in [3.05, 3.63) is 45.9 Å². The molecular formula is C27H32N4O9. The van der Waals surface area contributed by atoms with Crippen LogP contribution in [0.15, 0.2) is 34.8 Å². The number of phenols is 1. The number of phenolic OH excluding ortho intramolecular Hbond substituents is 1. The van der Waals surface area contributed by atoms with Gasteiger partial charge < -0.3 is 41.9 Å². The summed E-state index contributed by atoms with van der Waals surface area (Å²) in [6.07, 6.45) is -0.262. The van der Waals surface area contributed by atoms with E-state index in [1.807, 2.05) is 0 Å². The Morgan fingerprint density at radius 3 is 2.42 bits per heavy atom. The number of ketones is 2. The van der Waals surface area contributed by atoms with E-state index in [2.05, 4.69) is 10.6 Å². The summed E-state index contributed by atoms with van der Waals surface area (Å²) in [5.41, 5.74) is 0.870. The minimum Gasteiger partial charge on any atom is -0.510 e. The highest BCUT2D eigenvalue weighted by Gasteiger charge is 2.67. The Labute approximate surface area is 229 Å². The summed E-state index contributed by atoms with van der Waals surface area (Å²) in [6.45, 7) is 2.31. The van der Waals surface area contributed by atoms with Crippen LogP contribution in [0.3, 0.4) is 0 Å². The van der Waals surface area contributed by atoms with Crippen LogP contribution in [0.4, 0.5) is 5.69 Å². The summed E-state index contributed by atoms with van der Waals surface area (Å²) in [5.74, 6) is -10.1. The number of fused-ring (bicyclic) bond motifs is 3. The number of aliphatic hydroxyl groups is 4. The molecule has 1 fully saturated rings. The molecule has 4 aliphatic rings. The zero-order valence-electron chi connectivity index (χ0n) is 22.1. The fraction of sp³-hybridized carbons (Fsp3) is 0.481. The molecule has 1 aliphatic heterocycles. The van der Waals surface area contributed by atoms with Crippen LogP contribution in [-0.4, -0.2) is 98.2 Å². The first-order chi connectivity index (χ1) is 18.7. The van der Waals surface area contributed by atoms with Crippen LogP contribution in [0.5, 0.6) is 5.75 Å². The van der Waals surface area contributed by atoms with Crippen LogP contribution in [0.1, 0.15) is 41.6 Å². The maximum atomic E-state index is 13.9. The molecule has 13 nitrogen and oxygen atoms in total. The van der Waals surface area contributed by atoms with Gasteiger partial charge in [-0.15, -0.1) is 0 Å². The predicted molar refractivity (Wildman–Crippen MR) is 139 cm³/mol. The number of hydrogen-bond donors (Lipinski definition) is 8. The summed E-state index contributed by atoms with van der Waals surface area (Å²) in [6, 6.07) is 1.16. The Morgan fingerprint density at radius 2 is 1.85 bits per heavy atom. The molecule has 4 unspecified atom stereocenters. The van der Waals surface area contributed by atoms with Crippen LogP contribution in [0.2, 0.25) is 0 Å². The molecule has 40 heavy (non-hydrogen) atoms. The number of carbonyl (C=O) groups excluding carboxylic acids is 4. The molecule has 1 aromatic carbocycles. The number of nitrogens with two attached hydrogens (primary N) is 1. The molecule has 214 valence electrons. The number of nitrogens with zero attached hydrogens (tertiary/aromatic N) is 1. The second kappa shape index (κ2) is 9.41. The largest absolute Gasteiger partial charge is 0.510 e. The van der Waals surface area contributed by atoms with Crippen LogP contribution >= 0.6 is 0 Å². The summed E-state index contributed by atoms with van der Waals surface area (Å²) >= 11 is 0. The van der Waals surface area contributed by atoms with E-state index in [9.17, 15) is 44.7 Å². The topological polar surface area (TPSA) is 223 Å². The van der Waals surface area contributed by atoms with Gasteiger partial charge in [-0.25, -0.2) is 0 Å². The van der Waals surface area contributed by atoms with Gasteiger partial charge in [0.25, 0.3) is 5.91 Å². The van der Waals surface area contributed by atoms with Crippen molar-refractivity contribution in [2.45, 2.75) is 49.5 Å². The van der Waals surface area contributed by atoms with Crippen molar-refractivity contribution in [3.8, 4) is 5.75 Å². The van der Waals surface area contributed by atoms with Crippen molar-refractivity contribution < 1.29 is 44.7 Å². The fourth-order valence-corrected chi connectivity index (χ4v) is 6.85. The van der Waals surface area contributed by atoms with E-state index in [0.717, 1.165) is 6.42 Å². The monoisotopic (exact) mass is 556 g/mol.